The lowest BCUT2D eigenvalue weighted by molar-refractivity contribution is -0.267. The number of rotatable bonds is 9. The lowest BCUT2D eigenvalue weighted by Crippen LogP contribution is -2.65. The van der Waals surface area contributed by atoms with Gasteiger partial charge in [0.25, 0.3) is 0 Å². The molecule has 9 heteroatoms. The van der Waals surface area contributed by atoms with Gasteiger partial charge in [-0.1, -0.05) is 13.2 Å². The molecule has 0 unspecified atom stereocenters. The normalized spacial score (nSPS) is 18.7. The Morgan fingerprint density at radius 3 is 1.83 bits per heavy atom. The standard InChI is InChI=1S/C21H35N3O6/c1-9-16(25)29-13-21(7,14-30-17(26)10-2)23-18(27)22-15-11-19(3,4)24(28-8)20(5,6)12-15/h9-10,15H,1-2,11-14H2,3-8H3,(H2,22,23,27). The van der Waals surface area contributed by atoms with Gasteiger partial charge in [0.1, 0.15) is 18.8 Å². The Hall–Kier alpha value is -2.39. The Labute approximate surface area is 178 Å². The molecule has 0 aromatic carbocycles. The minimum atomic E-state index is -1.14. The summed E-state index contributed by atoms with van der Waals surface area (Å²) in [5.74, 6) is -1.29. The highest BCUT2D eigenvalue weighted by Crippen LogP contribution is 2.38. The number of nitrogens with one attached hydrogen (secondary N) is 2. The molecule has 170 valence electrons. The number of urea groups is 1. The number of esters is 2. The minimum Gasteiger partial charge on any atom is -0.460 e. The smallest absolute Gasteiger partial charge is 0.330 e. The van der Waals surface area contributed by atoms with Crippen LogP contribution in [0.1, 0.15) is 47.5 Å². The van der Waals surface area contributed by atoms with Gasteiger partial charge in [0.2, 0.25) is 0 Å². The first-order valence-electron chi connectivity index (χ1n) is 9.80. The monoisotopic (exact) mass is 425 g/mol. The molecule has 1 aliphatic heterocycles. The molecule has 30 heavy (non-hydrogen) atoms. The fourth-order valence-electron chi connectivity index (χ4n) is 4.05. The molecule has 1 saturated heterocycles. The van der Waals surface area contributed by atoms with Gasteiger partial charge in [0.05, 0.1) is 7.11 Å². The second-order valence-corrected chi connectivity index (χ2v) is 8.99. The number of hydrogen-bond donors (Lipinski definition) is 2. The fraction of sp³-hybridized carbons (Fsp3) is 0.667. The summed E-state index contributed by atoms with van der Waals surface area (Å²) < 4.78 is 10.1. The zero-order valence-electron chi connectivity index (χ0n) is 18.9. The molecule has 0 atom stereocenters. The maximum Gasteiger partial charge on any atom is 0.330 e. The molecule has 2 amide bonds. The number of hydroxylamine groups is 2. The number of piperidine rings is 1. The lowest BCUT2D eigenvalue weighted by atomic mass is 9.79. The average molecular weight is 426 g/mol. The Bertz CT molecular complexity index is 632. The van der Waals surface area contributed by atoms with Crippen LogP contribution in [0.3, 0.4) is 0 Å². The van der Waals surface area contributed by atoms with E-state index in [2.05, 4.69) is 51.5 Å². The summed E-state index contributed by atoms with van der Waals surface area (Å²) >= 11 is 0. The van der Waals surface area contributed by atoms with E-state index >= 15 is 0 Å². The van der Waals surface area contributed by atoms with Crippen molar-refractivity contribution in [2.45, 2.75) is 70.1 Å². The molecule has 1 rings (SSSR count). The summed E-state index contributed by atoms with van der Waals surface area (Å²) in [6.45, 7) is 16.1. The van der Waals surface area contributed by atoms with Crippen LogP contribution in [-0.4, -0.2) is 66.0 Å². The highest BCUT2D eigenvalue weighted by atomic mass is 16.7. The number of hydrogen-bond acceptors (Lipinski definition) is 7. The number of amides is 2. The molecule has 0 aromatic rings. The van der Waals surface area contributed by atoms with E-state index < -0.39 is 23.5 Å². The molecule has 9 nitrogen and oxygen atoms in total. The van der Waals surface area contributed by atoms with E-state index in [4.69, 9.17) is 14.3 Å². The molecule has 1 heterocycles. The maximum atomic E-state index is 12.7. The highest BCUT2D eigenvalue weighted by molar-refractivity contribution is 5.82. The quantitative estimate of drug-likeness (QED) is 0.430. The topological polar surface area (TPSA) is 106 Å². The largest absolute Gasteiger partial charge is 0.460 e. The molecular weight excluding hydrogens is 390 g/mol. The molecule has 0 radical (unpaired) electrons. The number of ether oxygens (including phenoxy) is 2. The third-order valence-corrected chi connectivity index (χ3v) is 4.92. The van der Waals surface area contributed by atoms with Gasteiger partial charge in [0, 0.05) is 29.3 Å². The van der Waals surface area contributed by atoms with Gasteiger partial charge in [-0.25, -0.2) is 14.4 Å². The summed E-state index contributed by atoms with van der Waals surface area (Å²) in [6, 6.07) is -0.568. The highest BCUT2D eigenvalue weighted by Gasteiger charge is 2.46. The van der Waals surface area contributed by atoms with Crippen LogP contribution in [0.4, 0.5) is 4.79 Å². The van der Waals surface area contributed by atoms with Gasteiger partial charge in [-0.2, -0.15) is 5.06 Å². The van der Waals surface area contributed by atoms with Crippen LogP contribution < -0.4 is 10.6 Å². The third kappa shape index (κ3) is 7.14. The summed E-state index contributed by atoms with van der Waals surface area (Å²) in [4.78, 5) is 41.2. The number of carbonyl (C=O) groups excluding carboxylic acids is 3. The first-order valence-corrected chi connectivity index (χ1v) is 9.80. The minimum absolute atomic E-state index is 0.114. The van der Waals surface area contributed by atoms with Gasteiger partial charge in [0.15, 0.2) is 0 Å². The average Bonchev–Trinajstić information content (AvgIpc) is 2.62. The van der Waals surface area contributed by atoms with Crippen LogP contribution in [-0.2, 0) is 23.9 Å². The molecule has 2 N–H and O–H groups in total. The van der Waals surface area contributed by atoms with Crippen molar-refractivity contribution in [2.75, 3.05) is 20.3 Å². The van der Waals surface area contributed by atoms with Crippen LogP contribution in [0, 0.1) is 0 Å². The van der Waals surface area contributed by atoms with Crippen molar-refractivity contribution >= 4 is 18.0 Å². The van der Waals surface area contributed by atoms with Crippen molar-refractivity contribution in [1.82, 2.24) is 15.7 Å². The Morgan fingerprint density at radius 2 is 1.47 bits per heavy atom. The molecule has 1 aliphatic rings. The van der Waals surface area contributed by atoms with Crippen molar-refractivity contribution in [3.05, 3.63) is 25.3 Å². The lowest BCUT2D eigenvalue weighted by Gasteiger charge is -2.53. The van der Waals surface area contributed by atoms with Crippen LogP contribution in [0.5, 0.6) is 0 Å². The first kappa shape index (κ1) is 25.6. The van der Waals surface area contributed by atoms with E-state index in [0.29, 0.717) is 12.8 Å². The van der Waals surface area contributed by atoms with Crippen LogP contribution >= 0.6 is 0 Å². The second kappa shape index (κ2) is 10.1. The fourth-order valence-corrected chi connectivity index (χ4v) is 4.05. The van der Waals surface area contributed by atoms with Crippen molar-refractivity contribution in [1.29, 1.82) is 0 Å². The summed E-state index contributed by atoms with van der Waals surface area (Å²) in [5.41, 5.74) is -1.73. The molecule has 0 aliphatic carbocycles. The van der Waals surface area contributed by atoms with Gasteiger partial charge >= 0.3 is 18.0 Å². The second-order valence-electron chi connectivity index (χ2n) is 8.99. The zero-order chi connectivity index (χ0) is 23.2. The van der Waals surface area contributed by atoms with E-state index in [9.17, 15) is 14.4 Å². The molecule has 0 aromatic heterocycles. The van der Waals surface area contributed by atoms with E-state index in [1.54, 1.807) is 14.0 Å². The Kier molecular flexibility index (Phi) is 8.62. The van der Waals surface area contributed by atoms with Gasteiger partial charge in [-0.3, -0.25) is 0 Å². The van der Waals surface area contributed by atoms with Gasteiger partial charge in [-0.15, -0.1) is 0 Å². The van der Waals surface area contributed by atoms with Crippen LogP contribution in [0.2, 0.25) is 0 Å². The summed E-state index contributed by atoms with van der Waals surface area (Å²) in [7, 11) is 1.64. The number of nitrogens with zero attached hydrogens (tertiary/aromatic N) is 1. The predicted molar refractivity (Wildman–Crippen MR) is 112 cm³/mol. The zero-order valence-corrected chi connectivity index (χ0v) is 18.9. The summed E-state index contributed by atoms with van der Waals surface area (Å²) in [6.07, 6.45) is 3.38. The van der Waals surface area contributed by atoms with Crippen LogP contribution in [0.15, 0.2) is 25.3 Å². The maximum absolute atomic E-state index is 12.7. The SMILES string of the molecule is C=CC(=O)OCC(C)(COC(=O)C=C)NC(=O)NC1CC(C)(C)N(OC)C(C)(C)C1. The van der Waals surface area contributed by atoms with E-state index in [1.165, 1.54) is 0 Å². The van der Waals surface area contributed by atoms with E-state index in [1.807, 2.05) is 5.06 Å². The van der Waals surface area contributed by atoms with Crippen molar-refractivity contribution in [2.24, 2.45) is 0 Å². The van der Waals surface area contributed by atoms with Crippen molar-refractivity contribution < 1.29 is 28.7 Å². The third-order valence-electron chi connectivity index (χ3n) is 4.92. The van der Waals surface area contributed by atoms with Crippen molar-refractivity contribution in [3.8, 4) is 0 Å². The molecule has 0 saturated carbocycles. The van der Waals surface area contributed by atoms with E-state index in [-0.39, 0.29) is 30.3 Å². The van der Waals surface area contributed by atoms with E-state index in [0.717, 1.165) is 12.2 Å². The molecule has 0 spiro atoms. The predicted octanol–water partition coefficient (Wildman–Crippen LogP) is 2.09. The van der Waals surface area contributed by atoms with Crippen molar-refractivity contribution in [3.63, 3.8) is 0 Å². The van der Waals surface area contributed by atoms with Gasteiger partial charge < -0.3 is 24.9 Å². The van der Waals surface area contributed by atoms with Crippen LogP contribution in [0.25, 0.3) is 0 Å². The van der Waals surface area contributed by atoms with Gasteiger partial charge in [-0.05, 0) is 47.5 Å². The Balaban J connectivity index is 2.85. The molecule has 0 bridgehead atoms. The summed E-state index contributed by atoms with van der Waals surface area (Å²) in [5, 5.41) is 7.69. The first-order chi connectivity index (χ1) is 13.8. The molecule has 1 fully saturated rings. The molecular formula is C21H35N3O6. The number of carbonyl (C=O) groups is 3. The Morgan fingerprint density at radius 1 is 1.03 bits per heavy atom.